The smallest absolute Gasteiger partial charge is 0.349 e. The molecule has 1 heterocycles. The van der Waals surface area contributed by atoms with Gasteiger partial charge in [0.25, 0.3) is 0 Å². The Morgan fingerprint density at radius 1 is 1.32 bits per heavy atom. The van der Waals surface area contributed by atoms with Crippen molar-refractivity contribution < 1.29 is 14.3 Å². The molecule has 1 saturated heterocycles. The minimum absolute atomic E-state index is 0.429. The predicted octanol–water partition coefficient (Wildman–Crippen LogP) is 1.17. The Hall–Kier alpha value is -1.93. The van der Waals surface area contributed by atoms with Crippen molar-refractivity contribution in [2.75, 3.05) is 18.3 Å². The number of hydrogen-bond donors (Lipinski definition) is 2. The average Bonchev–Trinajstić information content (AvgIpc) is 2.43. The predicted molar refractivity (Wildman–Crippen MR) is 72.7 cm³/mol. The minimum atomic E-state index is -0.576. The standard InChI is InChI=1S/C11H14N4O3S/c1-18-8-5-3-7(4-6-8)14-9(16)13-10(19-2)15(12)11(14)17/h3-6,10H,12H2,1-2H3,(H,13,16). The number of hydrazine groups is 1. The molecule has 1 unspecified atom stereocenters. The van der Waals surface area contributed by atoms with Gasteiger partial charge in [-0.25, -0.2) is 25.3 Å². The van der Waals surface area contributed by atoms with Crippen molar-refractivity contribution in [1.82, 2.24) is 10.3 Å². The molecule has 1 fully saturated rings. The van der Waals surface area contributed by atoms with Crippen LogP contribution in [0.15, 0.2) is 24.3 Å². The molecule has 102 valence electrons. The lowest BCUT2D eigenvalue weighted by molar-refractivity contribution is 0.179. The second-order valence-electron chi connectivity index (χ2n) is 3.76. The minimum Gasteiger partial charge on any atom is -0.497 e. The van der Waals surface area contributed by atoms with Crippen LogP contribution in [-0.4, -0.2) is 35.9 Å². The maximum atomic E-state index is 12.1. The number of nitrogens with zero attached hydrogens (tertiary/aromatic N) is 2. The van der Waals surface area contributed by atoms with E-state index in [1.165, 1.54) is 11.8 Å². The van der Waals surface area contributed by atoms with Gasteiger partial charge in [-0.05, 0) is 30.5 Å². The van der Waals surface area contributed by atoms with E-state index < -0.39 is 17.6 Å². The summed E-state index contributed by atoms with van der Waals surface area (Å²) in [5.41, 5.74) is -0.132. The van der Waals surface area contributed by atoms with E-state index in [0.717, 1.165) is 9.91 Å². The molecule has 0 bridgehead atoms. The fourth-order valence-electron chi connectivity index (χ4n) is 1.67. The molecule has 4 amide bonds. The summed E-state index contributed by atoms with van der Waals surface area (Å²) in [6.07, 6.45) is 1.75. The molecule has 0 aromatic heterocycles. The molecule has 0 saturated carbocycles. The molecule has 3 N–H and O–H groups in total. The molecule has 7 nitrogen and oxygen atoms in total. The largest absolute Gasteiger partial charge is 0.497 e. The van der Waals surface area contributed by atoms with Gasteiger partial charge in [0.05, 0.1) is 12.8 Å². The van der Waals surface area contributed by atoms with Crippen LogP contribution in [0.25, 0.3) is 0 Å². The van der Waals surface area contributed by atoms with E-state index in [9.17, 15) is 9.59 Å². The molecular formula is C11H14N4O3S. The summed E-state index contributed by atoms with van der Waals surface area (Å²) in [4.78, 5) is 25.0. The van der Waals surface area contributed by atoms with Crippen LogP contribution >= 0.6 is 11.8 Å². The summed E-state index contributed by atoms with van der Waals surface area (Å²) in [5.74, 6) is 6.30. The highest BCUT2D eigenvalue weighted by Gasteiger charge is 2.37. The van der Waals surface area contributed by atoms with E-state index in [-0.39, 0.29) is 0 Å². The lowest BCUT2D eigenvalue weighted by atomic mass is 10.3. The number of hydrogen-bond acceptors (Lipinski definition) is 5. The highest BCUT2D eigenvalue weighted by molar-refractivity contribution is 7.99. The van der Waals surface area contributed by atoms with Crippen molar-refractivity contribution in [1.29, 1.82) is 0 Å². The highest BCUT2D eigenvalue weighted by atomic mass is 32.2. The number of nitrogens with two attached hydrogens (primary N) is 1. The molecule has 0 spiro atoms. The third-order valence-electron chi connectivity index (χ3n) is 2.67. The number of rotatable bonds is 3. The van der Waals surface area contributed by atoms with Gasteiger partial charge in [0, 0.05) is 0 Å². The molecule has 0 aliphatic carbocycles. The molecular weight excluding hydrogens is 268 g/mol. The van der Waals surface area contributed by atoms with Gasteiger partial charge in [-0.2, -0.15) is 0 Å². The zero-order valence-electron chi connectivity index (χ0n) is 10.5. The lowest BCUT2D eigenvalue weighted by Crippen LogP contribution is -2.66. The summed E-state index contributed by atoms with van der Waals surface area (Å²) >= 11 is 1.27. The second kappa shape index (κ2) is 5.37. The number of anilines is 1. The third kappa shape index (κ3) is 2.45. The van der Waals surface area contributed by atoms with Gasteiger partial charge in [0.2, 0.25) is 0 Å². The van der Waals surface area contributed by atoms with Crippen molar-refractivity contribution in [2.45, 2.75) is 5.50 Å². The van der Waals surface area contributed by atoms with Crippen LogP contribution < -0.4 is 20.8 Å². The maximum absolute atomic E-state index is 12.1. The Labute approximate surface area is 114 Å². The number of imide groups is 1. The van der Waals surface area contributed by atoms with E-state index in [1.54, 1.807) is 37.6 Å². The number of nitrogens with one attached hydrogen (secondary N) is 1. The first kappa shape index (κ1) is 13.5. The van der Waals surface area contributed by atoms with Gasteiger partial charge in [-0.1, -0.05) is 0 Å². The molecule has 1 atom stereocenters. The summed E-state index contributed by atoms with van der Waals surface area (Å²) < 4.78 is 5.02. The molecule has 8 heteroatoms. The third-order valence-corrected chi connectivity index (χ3v) is 3.46. The van der Waals surface area contributed by atoms with Gasteiger partial charge < -0.3 is 10.1 Å². The number of carbonyl (C=O) groups is 2. The number of urea groups is 2. The molecule has 1 aliphatic heterocycles. The molecule has 1 aromatic carbocycles. The number of benzene rings is 1. The molecule has 2 rings (SSSR count). The van der Waals surface area contributed by atoms with E-state index in [0.29, 0.717) is 11.4 Å². The monoisotopic (exact) mass is 282 g/mol. The number of thioether (sulfide) groups is 1. The Kier molecular flexibility index (Phi) is 3.82. The quantitative estimate of drug-likeness (QED) is 0.641. The topological polar surface area (TPSA) is 87.9 Å². The van der Waals surface area contributed by atoms with Gasteiger partial charge in [0.1, 0.15) is 5.75 Å². The van der Waals surface area contributed by atoms with Crippen molar-refractivity contribution in [3.05, 3.63) is 24.3 Å². The Morgan fingerprint density at radius 3 is 2.47 bits per heavy atom. The fourth-order valence-corrected chi connectivity index (χ4v) is 2.21. The summed E-state index contributed by atoms with van der Waals surface area (Å²) in [5, 5.41) is 3.60. The SMILES string of the molecule is COc1ccc(N2C(=O)NC(SC)N(N)C2=O)cc1. The van der Waals surface area contributed by atoms with Crippen LogP contribution in [0.2, 0.25) is 0 Å². The second-order valence-corrected chi connectivity index (χ2v) is 4.68. The molecule has 0 radical (unpaired) electrons. The van der Waals surface area contributed by atoms with Crippen LogP contribution in [0.5, 0.6) is 5.75 Å². The summed E-state index contributed by atoms with van der Waals surface area (Å²) in [6, 6.07) is 5.48. The normalized spacial score (nSPS) is 19.4. The van der Waals surface area contributed by atoms with Crippen LogP contribution in [0.1, 0.15) is 0 Å². The molecule has 1 aliphatic rings. The Morgan fingerprint density at radius 2 is 1.95 bits per heavy atom. The number of amides is 4. The van der Waals surface area contributed by atoms with Crippen molar-refractivity contribution in [3.63, 3.8) is 0 Å². The maximum Gasteiger partial charge on any atom is 0.349 e. The van der Waals surface area contributed by atoms with E-state index in [1.807, 2.05) is 0 Å². The van der Waals surface area contributed by atoms with Gasteiger partial charge in [0.15, 0.2) is 5.50 Å². The van der Waals surface area contributed by atoms with Crippen molar-refractivity contribution in [2.24, 2.45) is 5.84 Å². The van der Waals surface area contributed by atoms with Gasteiger partial charge in [-0.3, -0.25) is 0 Å². The first-order valence-corrected chi connectivity index (χ1v) is 6.72. The van der Waals surface area contributed by atoms with Gasteiger partial charge in [-0.15, -0.1) is 11.8 Å². The van der Waals surface area contributed by atoms with Crippen LogP contribution in [0.4, 0.5) is 15.3 Å². The first-order chi connectivity index (χ1) is 9.08. The first-order valence-electron chi connectivity index (χ1n) is 5.44. The number of ether oxygens (including phenoxy) is 1. The number of methoxy groups -OCH3 is 1. The van der Waals surface area contributed by atoms with Crippen LogP contribution in [0, 0.1) is 0 Å². The zero-order valence-corrected chi connectivity index (χ0v) is 11.3. The molecule has 19 heavy (non-hydrogen) atoms. The lowest BCUT2D eigenvalue weighted by Gasteiger charge is -2.37. The fraction of sp³-hybridized carbons (Fsp3) is 0.273. The highest BCUT2D eigenvalue weighted by Crippen LogP contribution is 2.23. The van der Waals surface area contributed by atoms with E-state index in [2.05, 4.69) is 5.32 Å². The molecule has 1 aromatic rings. The Bertz CT molecular complexity index is 493. The van der Waals surface area contributed by atoms with Crippen molar-refractivity contribution in [3.8, 4) is 5.75 Å². The summed E-state index contributed by atoms with van der Waals surface area (Å²) in [6.45, 7) is 0. The Balaban J connectivity index is 2.28. The van der Waals surface area contributed by atoms with Crippen LogP contribution in [0.3, 0.4) is 0 Å². The van der Waals surface area contributed by atoms with Gasteiger partial charge >= 0.3 is 12.1 Å². The van der Waals surface area contributed by atoms with Crippen molar-refractivity contribution >= 4 is 29.5 Å². The number of carbonyl (C=O) groups excluding carboxylic acids is 2. The van der Waals surface area contributed by atoms with Crippen LogP contribution in [-0.2, 0) is 0 Å². The average molecular weight is 282 g/mol. The zero-order chi connectivity index (χ0) is 14.0. The summed E-state index contributed by atoms with van der Waals surface area (Å²) in [7, 11) is 1.54. The van der Waals surface area contributed by atoms with E-state index in [4.69, 9.17) is 10.6 Å². The van der Waals surface area contributed by atoms with E-state index >= 15 is 0 Å².